The summed E-state index contributed by atoms with van der Waals surface area (Å²) in [7, 11) is 0. The maximum Gasteiger partial charge on any atom is 0.270 e. The van der Waals surface area contributed by atoms with Gasteiger partial charge in [-0.1, -0.05) is 35.3 Å². The molecule has 0 spiro atoms. The molecule has 2 aromatic carbocycles. The first-order chi connectivity index (χ1) is 13.4. The summed E-state index contributed by atoms with van der Waals surface area (Å²) >= 11 is 12.5. The van der Waals surface area contributed by atoms with Gasteiger partial charge in [0.05, 0.1) is 4.92 Å². The molecule has 0 aliphatic carbocycles. The second-order valence-electron chi connectivity index (χ2n) is 6.94. The first-order valence-electron chi connectivity index (χ1n) is 9.12. The number of nitro groups is 1. The molecule has 0 unspecified atom stereocenters. The fourth-order valence-corrected chi connectivity index (χ4v) is 3.87. The van der Waals surface area contributed by atoms with Crippen LogP contribution in [0.25, 0.3) is 0 Å². The van der Waals surface area contributed by atoms with E-state index in [-0.39, 0.29) is 11.6 Å². The fourth-order valence-electron chi connectivity index (χ4n) is 3.36. The third kappa shape index (κ3) is 5.22. The van der Waals surface area contributed by atoms with Crippen LogP contribution in [-0.2, 0) is 6.54 Å². The molecule has 2 aromatic rings. The van der Waals surface area contributed by atoms with Gasteiger partial charge in [0.25, 0.3) is 11.6 Å². The molecule has 1 amide bonds. The molecule has 8 heteroatoms. The monoisotopic (exact) mass is 421 g/mol. The van der Waals surface area contributed by atoms with Crippen LogP contribution in [0.2, 0.25) is 10.0 Å². The Bertz CT molecular complexity index is 847. The van der Waals surface area contributed by atoms with E-state index in [0.29, 0.717) is 34.6 Å². The van der Waals surface area contributed by atoms with E-state index in [2.05, 4.69) is 10.2 Å². The predicted molar refractivity (Wildman–Crippen MR) is 110 cm³/mol. The number of carbonyl (C=O) groups excluding carboxylic acids is 1. The van der Waals surface area contributed by atoms with E-state index < -0.39 is 4.92 Å². The normalized spacial score (nSPS) is 15.4. The molecule has 28 heavy (non-hydrogen) atoms. The van der Waals surface area contributed by atoms with E-state index in [1.807, 2.05) is 18.2 Å². The molecule has 1 N–H and O–H groups in total. The van der Waals surface area contributed by atoms with Crippen LogP contribution in [-0.4, -0.2) is 35.4 Å². The van der Waals surface area contributed by atoms with Gasteiger partial charge in [0.1, 0.15) is 0 Å². The van der Waals surface area contributed by atoms with E-state index in [1.54, 1.807) is 6.07 Å². The highest BCUT2D eigenvalue weighted by Gasteiger charge is 2.21. The predicted octanol–water partition coefficient (Wildman–Crippen LogP) is 4.54. The minimum Gasteiger partial charge on any atom is -0.352 e. The molecule has 1 aliphatic heterocycles. The number of nitro benzene ring substituents is 1. The van der Waals surface area contributed by atoms with E-state index >= 15 is 0 Å². The molecular formula is C20H21Cl2N3O3. The van der Waals surface area contributed by atoms with Crippen molar-refractivity contribution in [3.63, 3.8) is 0 Å². The zero-order valence-corrected chi connectivity index (χ0v) is 16.7. The van der Waals surface area contributed by atoms with Gasteiger partial charge >= 0.3 is 0 Å². The summed E-state index contributed by atoms with van der Waals surface area (Å²) in [5.74, 6) is 0.0922. The van der Waals surface area contributed by atoms with Gasteiger partial charge in [-0.05, 0) is 50.0 Å². The van der Waals surface area contributed by atoms with Crippen molar-refractivity contribution in [2.24, 2.45) is 5.92 Å². The minimum atomic E-state index is -0.502. The maximum absolute atomic E-state index is 12.3. The van der Waals surface area contributed by atoms with Crippen LogP contribution >= 0.6 is 23.2 Å². The molecule has 0 atom stereocenters. The van der Waals surface area contributed by atoms with Crippen molar-refractivity contribution in [2.45, 2.75) is 19.4 Å². The zero-order chi connectivity index (χ0) is 20.1. The third-order valence-electron chi connectivity index (χ3n) is 5.02. The van der Waals surface area contributed by atoms with E-state index in [9.17, 15) is 14.9 Å². The summed E-state index contributed by atoms with van der Waals surface area (Å²) in [5, 5.41) is 15.1. The molecule has 0 radical (unpaired) electrons. The van der Waals surface area contributed by atoms with Crippen LogP contribution < -0.4 is 5.32 Å². The Hall–Kier alpha value is -2.15. The van der Waals surface area contributed by atoms with E-state index in [0.717, 1.165) is 31.5 Å². The van der Waals surface area contributed by atoms with Gasteiger partial charge < -0.3 is 5.32 Å². The average molecular weight is 422 g/mol. The van der Waals surface area contributed by atoms with Crippen molar-refractivity contribution in [1.29, 1.82) is 0 Å². The minimum absolute atomic E-state index is 0.0841. The number of rotatable bonds is 6. The molecule has 1 heterocycles. The van der Waals surface area contributed by atoms with Crippen molar-refractivity contribution in [1.82, 2.24) is 10.2 Å². The van der Waals surface area contributed by atoms with Crippen LogP contribution in [0.1, 0.15) is 28.8 Å². The Morgan fingerprint density at radius 2 is 1.79 bits per heavy atom. The number of halogens is 2. The maximum atomic E-state index is 12.3. The number of nitrogens with one attached hydrogen (secondary N) is 1. The number of non-ortho nitro benzene ring substituents is 1. The lowest BCUT2D eigenvalue weighted by atomic mass is 9.96. The summed E-state index contributed by atoms with van der Waals surface area (Å²) in [6.45, 7) is 3.07. The number of hydrogen-bond acceptors (Lipinski definition) is 4. The Labute approximate surface area is 173 Å². The number of nitrogens with zero attached hydrogens (tertiary/aromatic N) is 2. The highest BCUT2D eigenvalue weighted by atomic mass is 35.5. The molecule has 148 valence electrons. The van der Waals surface area contributed by atoms with E-state index in [4.69, 9.17) is 23.2 Å². The standard InChI is InChI=1S/C20H21Cl2N3O3/c21-18-5-2-6-19(22)17(18)13-24-9-7-14(8-10-24)12-23-20(26)15-3-1-4-16(11-15)25(27)28/h1-6,11,14H,7-10,12-13H2,(H,23,26). The first kappa shape index (κ1) is 20.6. The fraction of sp³-hybridized carbons (Fsp3) is 0.350. The van der Waals surface area contributed by atoms with Crippen molar-refractivity contribution < 1.29 is 9.72 Å². The summed E-state index contributed by atoms with van der Waals surface area (Å²) in [6, 6.07) is 11.3. The lowest BCUT2D eigenvalue weighted by Crippen LogP contribution is -2.38. The molecule has 1 fully saturated rings. The van der Waals surface area contributed by atoms with Gasteiger partial charge in [0, 0.05) is 46.4 Å². The Balaban J connectivity index is 1.47. The quantitative estimate of drug-likeness (QED) is 0.548. The second kappa shape index (κ2) is 9.37. The van der Waals surface area contributed by atoms with Gasteiger partial charge in [-0.2, -0.15) is 0 Å². The number of hydrogen-bond donors (Lipinski definition) is 1. The third-order valence-corrected chi connectivity index (χ3v) is 5.73. The molecule has 3 rings (SSSR count). The summed E-state index contributed by atoms with van der Waals surface area (Å²) < 4.78 is 0. The Kier molecular flexibility index (Phi) is 6.88. The van der Waals surface area contributed by atoms with Crippen molar-refractivity contribution >= 4 is 34.8 Å². The largest absolute Gasteiger partial charge is 0.352 e. The summed E-state index contributed by atoms with van der Waals surface area (Å²) in [6.07, 6.45) is 1.91. The van der Waals surface area contributed by atoms with Crippen molar-refractivity contribution in [3.8, 4) is 0 Å². The van der Waals surface area contributed by atoms with Gasteiger partial charge in [0.15, 0.2) is 0 Å². The van der Waals surface area contributed by atoms with Gasteiger partial charge in [-0.3, -0.25) is 19.8 Å². The lowest BCUT2D eigenvalue weighted by molar-refractivity contribution is -0.384. The van der Waals surface area contributed by atoms with Crippen LogP contribution in [0, 0.1) is 16.0 Å². The van der Waals surface area contributed by atoms with Crippen LogP contribution in [0.15, 0.2) is 42.5 Å². The average Bonchev–Trinajstić information content (AvgIpc) is 2.70. The molecule has 6 nitrogen and oxygen atoms in total. The zero-order valence-electron chi connectivity index (χ0n) is 15.2. The summed E-state index contributed by atoms with van der Waals surface area (Å²) in [4.78, 5) is 24.9. The highest BCUT2D eigenvalue weighted by molar-refractivity contribution is 6.35. The topological polar surface area (TPSA) is 75.5 Å². The summed E-state index contributed by atoms with van der Waals surface area (Å²) in [5.41, 5.74) is 1.17. The smallest absolute Gasteiger partial charge is 0.270 e. The van der Waals surface area contributed by atoms with Crippen LogP contribution in [0.5, 0.6) is 0 Å². The van der Waals surface area contributed by atoms with E-state index in [1.165, 1.54) is 18.2 Å². The Morgan fingerprint density at radius 1 is 1.14 bits per heavy atom. The van der Waals surface area contributed by atoms with Crippen molar-refractivity contribution in [3.05, 3.63) is 73.8 Å². The molecule has 0 aromatic heterocycles. The number of benzene rings is 2. The van der Waals surface area contributed by atoms with Crippen molar-refractivity contribution in [2.75, 3.05) is 19.6 Å². The lowest BCUT2D eigenvalue weighted by Gasteiger charge is -2.32. The SMILES string of the molecule is O=C(NCC1CCN(Cc2c(Cl)cccc2Cl)CC1)c1cccc([N+](=O)[O-])c1. The molecule has 0 saturated carbocycles. The molecule has 0 bridgehead atoms. The number of piperidine rings is 1. The highest BCUT2D eigenvalue weighted by Crippen LogP contribution is 2.27. The van der Waals surface area contributed by atoms with Gasteiger partial charge in [-0.15, -0.1) is 0 Å². The first-order valence-corrected chi connectivity index (χ1v) is 9.87. The number of likely N-dealkylation sites (tertiary alicyclic amines) is 1. The Morgan fingerprint density at radius 3 is 2.43 bits per heavy atom. The molecule has 1 aliphatic rings. The molecular weight excluding hydrogens is 401 g/mol. The number of amides is 1. The molecule has 1 saturated heterocycles. The van der Waals surface area contributed by atoms with Crippen LogP contribution in [0.3, 0.4) is 0 Å². The number of carbonyl (C=O) groups is 1. The second-order valence-corrected chi connectivity index (χ2v) is 7.75. The van der Waals surface area contributed by atoms with Crippen LogP contribution in [0.4, 0.5) is 5.69 Å². The van der Waals surface area contributed by atoms with Gasteiger partial charge in [0.2, 0.25) is 0 Å². The van der Waals surface area contributed by atoms with Gasteiger partial charge in [-0.25, -0.2) is 0 Å².